The Balaban J connectivity index is 1.68. The van der Waals surface area contributed by atoms with Crippen LogP contribution in [-0.2, 0) is 4.79 Å². The standard InChI is InChI=1S/C21H26N2O2/c1-15-10-11-17(13-16(15)2)19-8-6-12-23(19)14-21(24)22-18-7-4-5-9-20(18)25-3/h4-5,7,9-11,13,19H,6,8,12,14H2,1-3H3,(H,22,24). The molecule has 1 unspecified atom stereocenters. The highest BCUT2D eigenvalue weighted by atomic mass is 16.5. The number of methoxy groups -OCH3 is 1. The maximum Gasteiger partial charge on any atom is 0.238 e. The fourth-order valence-corrected chi connectivity index (χ4v) is 3.49. The molecule has 1 N–H and O–H groups in total. The summed E-state index contributed by atoms with van der Waals surface area (Å²) in [6.45, 7) is 5.63. The fraction of sp³-hybridized carbons (Fsp3) is 0.381. The maximum absolute atomic E-state index is 12.5. The predicted molar refractivity (Wildman–Crippen MR) is 101 cm³/mol. The van der Waals surface area contributed by atoms with Crippen LogP contribution in [0.1, 0.15) is 35.6 Å². The Kier molecular flexibility index (Phi) is 5.39. The van der Waals surface area contributed by atoms with Crippen LogP contribution in [0.2, 0.25) is 0 Å². The highest BCUT2D eigenvalue weighted by Gasteiger charge is 2.27. The van der Waals surface area contributed by atoms with Gasteiger partial charge >= 0.3 is 0 Å². The molecule has 0 spiro atoms. The van der Waals surface area contributed by atoms with Gasteiger partial charge in [0.05, 0.1) is 19.3 Å². The van der Waals surface area contributed by atoms with Crippen LogP contribution in [0.5, 0.6) is 5.75 Å². The minimum atomic E-state index is 0.000216. The molecular weight excluding hydrogens is 312 g/mol. The number of anilines is 1. The Hall–Kier alpha value is -2.33. The van der Waals surface area contributed by atoms with E-state index >= 15 is 0 Å². The number of ether oxygens (including phenoxy) is 1. The second-order valence-corrected chi connectivity index (χ2v) is 6.72. The van der Waals surface area contributed by atoms with Gasteiger partial charge in [-0.2, -0.15) is 0 Å². The molecule has 4 heteroatoms. The van der Waals surface area contributed by atoms with E-state index < -0.39 is 0 Å². The zero-order valence-electron chi connectivity index (χ0n) is 15.2. The lowest BCUT2D eigenvalue weighted by Gasteiger charge is -2.25. The van der Waals surface area contributed by atoms with E-state index in [2.05, 4.69) is 42.3 Å². The smallest absolute Gasteiger partial charge is 0.238 e. The third kappa shape index (κ3) is 4.02. The van der Waals surface area contributed by atoms with Gasteiger partial charge in [0.25, 0.3) is 0 Å². The first kappa shape index (κ1) is 17.5. The van der Waals surface area contributed by atoms with Crippen LogP contribution in [0.3, 0.4) is 0 Å². The molecule has 0 aliphatic carbocycles. The largest absolute Gasteiger partial charge is 0.495 e. The van der Waals surface area contributed by atoms with Crippen LogP contribution in [0.15, 0.2) is 42.5 Å². The Morgan fingerprint density at radius 3 is 2.76 bits per heavy atom. The summed E-state index contributed by atoms with van der Waals surface area (Å²) in [5.41, 5.74) is 4.65. The highest BCUT2D eigenvalue weighted by molar-refractivity contribution is 5.93. The van der Waals surface area contributed by atoms with Crippen LogP contribution in [0, 0.1) is 13.8 Å². The van der Waals surface area contributed by atoms with E-state index in [-0.39, 0.29) is 5.91 Å². The lowest BCUT2D eigenvalue weighted by Crippen LogP contribution is -2.33. The fourth-order valence-electron chi connectivity index (χ4n) is 3.49. The Bertz CT molecular complexity index is 757. The zero-order chi connectivity index (χ0) is 17.8. The molecule has 1 heterocycles. The number of rotatable bonds is 5. The van der Waals surface area contributed by atoms with E-state index in [4.69, 9.17) is 4.74 Å². The highest BCUT2D eigenvalue weighted by Crippen LogP contribution is 2.32. The normalized spacial score (nSPS) is 17.5. The molecule has 0 aromatic heterocycles. The second kappa shape index (κ2) is 7.70. The van der Waals surface area contributed by atoms with Gasteiger partial charge in [0, 0.05) is 6.04 Å². The molecule has 1 fully saturated rings. The Morgan fingerprint density at radius 2 is 2.00 bits per heavy atom. The number of nitrogens with zero attached hydrogens (tertiary/aromatic N) is 1. The van der Waals surface area contributed by atoms with Crippen LogP contribution >= 0.6 is 0 Å². The molecule has 1 aliphatic rings. The van der Waals surface area contributed by atoms with Crippen LogP contribution in [0.25, 0.3) is 0 Å². The van der Waals surface area contributed by atoms with Crippen molar-refractivity contribution in [2.24, 2.45) is 0 Å². The molecule has 2 aromatic rings. The van der Waals surface area contributed by atoms with Crippen molar-refractivity contribution < 1.29 is 9.53 Å². The van der Waals surface area contributed by atoms with Gasteiger partial charge in [-0.05, 0) is 62.1 Å². The predicted octanol–water partition coefficient (Wildman–Crippen LogP) is 4.09. The minimum absolute atomic E-state index is 0.000216. The summed E-state index contributed by atoms with van der Waals surface area (Å²) in [7, 11) is 1.61. The van der Waals surface area contributed by atoms with Crippen molar-refractivity contribution in [1.29, 1.82) is 0 Å². The van der Waals surface area contributed by atoms with Crippen LogP contribution in [0.4, 0.5) is 5.69 Å². The quantitative estimate of drug-likeness (QED) is 0.893. The van der Waals surface area contributed by atoms with Crippen molar-refractivity contribution in [3.8, 4) is 5.75 Å². The summed E-state index contributed by atoms with van der Waals surface area (Å²) in [4.78, 5) is 14.8. The molecule has 1 aliphatic heterocycles. The van der Waals surface area contributed by atoms with E-state index in [1.807, 2.05) is 24.3 Å². The summed E-state index contributed by atoms with van der Waals surface area (Å²) in [6.07, 6.45) is 2.23. The number of hydrogen-bond acceptors (Lipinski definition) is 3. The molecule has 2 aromatic carbocycles. The van der Waals surface area contributed by atoms with Gasteiger partial charge in [0.1, 0.15) is 5.75 Å². The molecule has 1 saturated heterocycles. The molecule has 0 radical (unpaired) electrons. The van der Waals surface area contributed by atoms with E-state index in [9.17, 15) is 4.79 Å². The number of carbonyl (C=O) groups is 1. The number of hydrogen-bond donors (Lipinski definition) is 1. The maximum atomic E-state index is 12.5. The van der Waals surface area contributed by atoms with Crippen molar-refractivity contribution in [3.05, 3.63) is 59.2 Å². The topological polar surface area (TPSA) is 41.6 Å². The van der Waals surface area contributed by atoms with E-state index in [0.717, 1.165) is 25.1 Å². The monoisotopic (exact) mass is 338 g/mol. The molecule has 3 rings (SSSR count). The summed E-state index contributed by atoms with van der Waals surface area (Å²) in [5.74, 6) is 0.684. The number of para-hydroxylation sites is 2. The minimum Gasteiger partial charge on any atom is -0.495 e. The number of benzene rings is 2. The molecule has 0 saturated carbocycles. The molecule has 25 heavy (non-hydrogen) atoms. The first-order chi connectivity index (χ1) is 12.1. The third-order valence-corrected chi connectivity index (χ3v) is 5.01. The lowest BCUT2D eigenvalue weighted by molar-refractivity contribution is -0.117. The average molecular weight is 338 g/mol. The van der Waals surface area contributed by atoms with Gasteiger partial charge in [-0.3, -0.25) is 9.69 Å². The number of nitrogens with one attached hydrogen (secondary N) is 1. The molecule has 132 valence electrons. The van der Waals surface area contributed by atoms with E-state index in [1.54, 1.807) is 7.11 Å². The first-order valence-corrected chi connectivity index (χ1v) is 8.82. The number of aryl methyl sites for hydroxylation is 2. The zero-order valence-corrected chi connectivity index (χ0v) is 15.2. The van der Waals surface area contributed by atoms with E-state index in [0.29, 0.717) is 18.3 Å². The summed E-state index contributed by atoms with van der Waals surface area (Å²) >= 11 is 0. The van der Waals surface area contributed by atoms with Gasteiger partial charge in [0.2, 0.25) is 5.91 Å². The van der Waals surface area contributed by atoms with E-state index in [1.165, 1.54) is 16.7 Å². The first-order valence-electron chi connectivity index (χ1n) is 8.82. The van der Waals surface area contributed by atoms with Gasteiger partial charge < -0.3 is 10.1 Å². The average Bonchev–Trinajstić information content (AvgIpc) is 3.05. The van der Waals surface area contributed by atoms with Crippen molar-refractivity contribution in [2.45, 2.75) is 32.7 Å². The molecule has 1 atom stereocenters. The van der Waals surface area contributed by atoms with Gasteiger partial charge in [-0.25, -0.2) is 0 Å². The number of amides is 1. The molecular formula is C21H26N2O2. The molecule has 0 bridgehead atoms. The van der Waals surface area contributed by atoms with Crippen LogP contribution in [-0.4, -0.2) is 31.0 Å². The SMILES string of the molecule is COc1ccccc1NC(=O)CN1CCCC1c1ccc(C)c(C)c1. The summed E-state index contributed by atoms with van der Waals surface area (Å²) < 4.78 is 5.30. The summed E-state index contributed by atoms with van der Waals surface area (Å²) in [5, 5.41) is 2.98. The van der Waals surface area contributed by atoms with Gasteiger partial charge in [0.15, 0.2) is 0 Å². The Morgan fingerprint density at radius 1 is 1.20 bits per heavy atom. The second-order valence-electron chi connectivity index (χ2n) is 6.72. The summed E-state index contributed by atoms with van der Waals surface area (Å²) in [6, 6.07) is 14.5. The van der Waals surface area contributed by atoms with Crippen molar-refractivity contribution in [3.63, 3.8) is 0 Å². The number of likely N-dealkylation sites (tertiary alicyclic amines) is 1. The molecule has 4 nitrogen and oxygen atoms in total. The van der Waals surface area contributed by atoms with Crippen molar-refractivity contribution in [1.82, 2.24) is 4.90 Å². The lowest BCUT2D eigenvalue weighted by atomic mass is 9.99. The van der Waals surface area contributed by atoms with Gasteiger partial charge in [-0.15, -0.1) is 0 Å². The third-order valence-electron chi connectivity index (χ3n) is 5.01. The Labute approximate surface area is 149 Å². The van der Waals surface area contributed by atoms with Crippen molar-refractivity contribution >= 4 is 11.6 Å². The number of carbonyl (C=O) groups excluding carboxylic acids is 1. The van der Waals surface area contributed by atoms with Crippen molar-refractivity contribution in [2.75, 3.05) is 25.5 Å². The van der Waals surface area contributed by atoms with Crippen LogP contribution < -0.4 is 10.1 Å². The molecule has 1 amide bonds. The van der Waals surface area contributed by atoms with Gasteiger partial charge in [-0.1, -0.05) is 30.3 Å².